The highest BCUT2D eigenvalue weighted by molar-refractivity contribution is 5.58. The third-order valence-electron chi connectivity index (χ3n) is 4.89. The lowest BCUT2D eigenvalue weighted by atomic mass is 10.1. The molecule has 0 radical (unpaired) electrons. The Morgan fingerprint density at radius 3 is 2.79 bits per heavy atom. The number of imidazole rings is 1. The minimum absolute atomic E-state index is 0.215. The van der Waals surface area contributed by atoms with Gasteiger partial charge in [-0.25, -0.2) is 24.9 Å². The van der Waals surface area contributed by atoms with Crippen LogP contribution in [0.2, 0.25) is 0 Å². The van der Waals surface area contributed by atoms with E-state index in [-0.39, 0.29) is 17.4 Å². The summed E-state index contributed by atoms with van der Waals surface area (Å²) >= 11 is 0. The quantitative estimate of drug-likeness (QED) is 0.562. The number of rotatable bonds is 3. The van der Waals surface area contributed by atoms with Crippen molar-refractivity contribution in [1.29, 1.82) is 0 Å². The molecule has 0 aromatic carbocycles. The third-order valence-corrected chi connectivity index (χ3v) is 4.89. The van der Waals surface area contributed by atoms with Crippen LogP contribution in [-0.4, -0.2) is 52.6 Å². The van der Waals surface area contributed by atoms with Gasteiger partial charge >= 0.3 is 6.18 Å². The third kappa shape index (κ3) is 3.15. The fourth-order valence-electron chi connectivity index (χ4n) is 3.45. The monoisotopic (exact) mass is 401 g/mol. The summed E-state index contributed by atoms with van der Waals surface area (Å²) in [4.78, 5) is 22.6. The molecule has 1 unspecified atom stereocenters. The second-order valence-corrected chi connectivity index (χ2v) is 6.68. The molecule has 12 heteroatoms. The summed E-state index contributed by atoms with van der Waals surface area (Å²) in [5.74, 6) is 2.03. The minimum Gasteiger partial charge on any atom is -0.356 e. The summed E-state index contributed by atoms with van der Waals surface area (Å²) in [6.45, 7) is 1.48. The standard InChI is InChI=1S/C17H14F3N9/c18-17(19,20)12-8-29-11(5-23-14(29)6-22-12)16-21-3-1-13(26-16)28-4-2-10(7-28)15-24-9-25-27-15/h1,3,5-6,8-10H,2,4,7H2,(H,24,25,27). The van der Waals surface area contributed by atoms with Gasteiger partial charge in [-0.3, -0.25) is 9.50 Å². The Labute approximate surface area is 161 Å². The van der Waals surface area contributed by atoms with Crippen molar-refractivity contribution >= 4 is 11.5 Å². The van der Waals surface area contributed by atoms with Crippen LogP contribution in [0.1, 0.15) is 23.9 Å². The molecule has 1 N–H and O–H groups in total. The summed E-state index contributed by atoms with van der Waals surface area (Å²) in [5, 5.41) is 6.78. The summed E-state index contributed by atoms with van der Waals surface area (Å²) < 4.78 is 40.4. The van der Waals surface area contributed by atoms with Gasteiger partial charge in [-0.05, 0) is 12.5 Å². The van der Waals surface area contributed by atoms with Gasteiger partial charge in [-0.1, -0.05) is 0 Å². The smallest absolute Gasteiger partial charge is 0.356 e. The van der Waals surface area contributed by atoms with Crippen LogP contribution in [0.25, 0.3) is 17.2 Å². The molecule has 0 aliphatic carbocycles. The van der Waals surface area contributed by atoms with Gasteiger partial charge in [0.2, 0.25) is 0 Å². The number of alkyl halides is 3. The first-order valence-electron chi connectivity index (χ1n) is 8.83. The van der Waals surface area contributed by atoms with Crippen molar-refractivity contribution in [1.82, 2.24) is 39.5 Å². The highest BCUT2D eigenvalue weighted by Gasteiger charge is 2.33. The fourth-order valence-corrected chi connectivity index (χ4v) is 3.45. The van der Waals surface area contributed by atoms with Crippen LogP contribution in [0.3, 0.4) is 0 Å². The van der Waals surface area contributed by atoms with E-state index in [0.717, 1.165) is 31.2 Å². The van der Waals surface area contributed by atoms with Crippen LogP contribution >= 0.6 is 0 Å². The normalized spacial score (nSPS) is 17.3. The van der Waals surface area contributed by atoms with E-state index in [0.29, 0.717) is 18.1 Å². The number of nitrogens with one attached hydrogen (secondary N) is 1. The van der Waals surface area contributed by atoms with Crippen LogP contribution < -0.4 is 4.90 Å². The zero-order chi connectivity index (χ0) is 20.0. The molecule has 4 aromatic rings. The first kappa shape index (κ1) is 17.5. The molecule has 1 atom stereocenters. The van der Waals surface area contributed by atoms with E-state index in [2.05, 4.69) is 40.0 Å². The second-order valence-electron chi connectivity index (χ2n) is 6.68. The van der Waals surface area contributed by atoms with Crippen LogP contribution in [0.15, 0.2) is 37.2 Å². The molecule has 0 bridgehead atoms. The zero-order valence-electron chi connectivity index (χ0n) is 14.9. The summed E-state index contributed by atoms with van der Waals surface area (Å²) in [5.41, 5.74) is -0.357. The van der Waals surface area contributed by atoms with Crippen LogP contribution in [-0.2, 0) is 6.18 Å². The van der Waals surface area contributed by atoms with E-state index < -0.39 is 11.9 Å². The Bertz CT molecular complexity index is 1150. The van der Waals surface area contributed by atoms with Gasteiger partial charge in [0, 0.05) is 31.4 Å². The predicted molar refractivity (Wildman–Crippen MR) is 95.0 cm³/mol. The van der Waals surface area contributed by atoms with Crippen molar-refractivity contribution in [2.45, 2.75) is 18.5 Å². The van der Waals surface area contributed by atoms with Crippen molar-refractivity contribution in [3.05, 3.63) is 48.7 Å². The highest BCUT2D eigenvalue weighted by atomic mass is 19.4. The molecule has 4 aromatic heterocycles. The molecule has 9 nitrogen and oxygen atoms in total. The van der Waals surface area contributed by atoms with Crippen LogP contribution in [0.4, 0.5) is 19.0 Å². The van der Waals surface area contributed by atoms with E-state index >= 15 is 0 Å². The van der Waals surface area contributed by atoms with E-state index in [1.807, 2.05) is 0 Å². The molecule has 0 saturated carbocycles. The second kappa shape index (κ2) is 6.50. The molecule has 0 spiro atoms. The minimum atomic E-state index is -4.55. The number of hydrogen-bond acceptors (Lipinski definition) is 7. The maximum absolute atomic E-state index is 13.0. The van der Waals surface area contributed by atoms with E-state index in [1.54, 1.807) is 12.3 Å². The van der Waals surface area contributed by atoms with E-state index in [1.165, 1.54) is 16.9 Å². The number of aromatic nitrogens is 8. The maximum Gasteiger partial charge on any atom is 0.434 e. The molecular weight excluding hydrogens is 387 g/mol. The molecule has 0 amide bonds. The Morgan fingerprint density at radius 1 is 1.10 bits per heavy atom. The SMILES string of the molecule is FC(F)(F)c1cn2c(-c3nccc(N4CCC(c5ncn[nH]5)C4)n3)cnc2cn1. The fraction of sp³-hybridized carbons (Fsp3) is 0.294. The Kier molecular flexibility index (Phi) is 3.93. The number of halogens is 3. The first-order chi connectivity index (χ1) is 14.0. The topological polar surface area (TPSA) is 101 Å². The average molecular weight is 401 g/mol. The molecule has 148 valence electrons. The van der Waals surface area contributed by atoms with Gasteiger partial charge < -0.3 is 4.90 Å². The molecule has 5 rings (SSSR count). The van der Waals surface area contributed by atoms with E-state index in [4.69, 9.17) is 0 Å². The van der Waals surface area contributed by atoms with Gasteiger partial charge in [-0.15, -0.1) is 0 Å². The predicted octanol–water partition coefficient (Wildman–Crippen LogP) is 2.32. The van der Waals surface area contributed by atoms with Crippen molar-refractivity contribution < 1.29 is 13.2 Å². The lowest BCUT2D eigenvalue weighted by Crippen LogP contribution is -2.21. The number of aromatic amines is 1. The maximum atomic E-state index is 13.0. The molecular formula is C17H14F3N9. The molecule has 1 aliphatic heterocycles. The summed E-state index contributed by atoms with van der Waals surface area (Å²) in [6.07, 6.45) is 2.84. The molecule has 5 heterocycles. The Balaban J connectivity index is 1.47. The van der Waals surface area contributed by atoms with Gasteiger partial charge in [0.05, 0.1) is 12.4 Å². The molecule has 29 heavy (non-hydrogen) atoms. The largest absolute Gasteiger partial charge is 0.434 e. The van der Waals surface area contributed by atoms with E-state index in [9.17, 15) is 13.2 Å². The van der Waals surface area contributed by atoms with Gasteiger partial charge in [-0.2, -0.15) is 18.3 Å². The lowest BCUT2D eigenvalue weighted by Gasteiger charge is -2.17. The molecule has 1 saturated heterocycles. The van der Waals surface area contributed by atoms with Crippen LogP contribution in [0, 0.1) is 0 Å². The van der Waals surface area contributed by atoms with Gasteiger partial charge in [0.15, 0.2) is 17.2 Å². The van der Waals surface area contributed by atoms with Crippen molar-refractivity contribution in [3.8, 4) is 11.5 Å². The van der Waals surface area contributed by atoms with Crippen molar-refractivity contribution in [3.63, 3.8) is 0 Å². The molecule has 1 aliphatic rings. The average Bonchev–Trinajstić information content (AvgIpc) is 3.46. The molecule has 1 fully saturated rings. The number of anilines is 1. The van der Waals surface area contributed by atoms with Crippen molar-refractivity contribution in [2.75, 3.05) is 18.0 Å². The van der Waals surface area contributed by atoms with Crippen molar-refractivity contribution in [2.24, 2.45) is 0 Å². The Hall–Kier alpha value is -3.57. The van der Waals surface area contributed by atoms with Gasteiger partial charge in [0.25, 0.3) is 0 Å². The zero-order valence-corrected chi connectivity index (χ0v) is 14.9. The van der Waals surface area contributed by atoms with Gasteiger partial charge in [0.1, 0.15) is 23.7 Å². The Morgan fingerprint density at radius 2 is 2.00 bits per heavy atom. The number of H-pyrrole nitrogens is 1. The summed E-state index contributed by atoms with van der Waals surface area (Å²) in [6, 6.07) is 1.78. The first-order valence-corrected chi connectivity index (χ1v) is 8.83. The number of fused-ring (bicyclic) bond motifs is 1. The number of nitrogens with zero attached hydrogens (tertiary/aromatic N) is 8. The summed E-state index contributed by atoms with van der Waals surface area (Å²) in [7, 11) is 0. The van der Waals surface area contributed by atoms with Crippen LogP contribution in [0.5, 0.6) is 0 Å². The number of hydrogen-bond donors (Lipinski definition) is 1. The lowest BCUT2D eigenvalue weighted by molar-refractivity contribution is -0.141. The highest BCUT2D eigenvalue weighted by Crippen LogP contribution is 2.30.